The van der Waals surface area contributed by atoms with Crippen LogP contribution in [0.3, 0.4) is 0 Å². The summed E-state index contributed by atoms with van der Waals surface area (Å²) in [5.41, 5.74) is 8.69. The Labute approximate surface area is 115 Å². The Bertz CT molecular complexity index is 543. The summed E-state index contributed by atoms with van der Waals surface area (Å²) in [5.74, 6) is 0.791. The van der Waals surface area contributed by atoms with Crippen LogP contribution in [-0.4, -0.2) is 7.11 Å². The zero-order valence-electron chi connectivity index (χ0n) is 10.1. The SMILES string of the molecule is COc1ccc(N)c(NCc2ccccc2Br)c1. The molecule has 0 saturated heterocycles. The third-order valence-electron chi connectivity index (χ3n) is 2.69. The second kappa shape index (κ2) is 5.78. The Balaban J connectivity index is 2.13. The summed E-state index contributed by atoms with van der Waals surface area (Å²) in [6.07, 6.45) is 0. The fourth-order valence-corrected chi connectivity index (χ4v) is 2.07. The first kappa shape index (κ1) is 12.8. The summed E-state index contributed by atoms with van der Waals surface area (Å²) in [5, 5.41) is 3.31. The molecule has 0 radical (unpaired) electrons. The summed E-state index contributed by atoms with van der Waals surface area (Å²) < 4.78 is 6.26. The summed E-state index contributed by atoms with van der Waals surface area (Å²) in [6, 6.07) is 13.7. The topological polar surface area (TPSA) is 47.3 Å². The van der Waals surface area contributed by atoms with E-state index < -0.39 is 0 Å². The molecule has 3 N–H and O–H groups in total. The van der Waals surface area contributed by atoms with Crippen molar-refractivity contribution in [3.8, 4) is 5.75 Å². The van der Waals surface area contributed by atoms with Crippen molar-refractivity contribution in [1.29, 1.82) is 0 Å². The van der Waals surface area contributed by atoms with E-state index in [9.17, 15) is 0 Å². The average molecular weight is 307 g/mol. The Kier molecular flexibility index (Phi) is 4.10. The standard InChI is InChI=1S/C14H15BrN2O/c1-18-11-6-7-13(16)14(8-11)17-9-10-4-2-3-5-12(10)15/h2-8,17H,9,16H2,1H3. The van der Waals surface area contributed by atoms with E-state index in [0.717, 1.165) is 15.9 Å². The van der Waals surface area contributed by atoms with Crippen molar-refractivity contribution < 1.29 is 4.74 Å². The molecular formula is C14H15BrN2O. The molecule has 0 saturated carbocycles. The molecule has 0 aliphatic carbocycles. The molecule has 0 fully saturated rings. The molecule has 0 spiro atoms. The number of hydrogen-bond donors (Lipinski definition) is 2. The van der Waals surface area contributed by atoms with Gasteiger partial charge in [-0.2, -0.15) is 0 Å². The maximum atomic E-state index is 5.92. The molecule has 0 amide bonds. The minimum Gasteiger partial charge on any atom is -0.497 e. The van der Waals surface area contributed by atoms with Crippen LogP contribution in [0.5, 0.6) is 5.75 Å². The van der Waals surface area contributed by atoms with E-state index in [1.165, 1.54) is 5.56 Å². The average Bonchev–Trinajstić information content (AvgIpc) is 2.39. The number of hydrogen-bond acceptors (Lipinski definition) is 3. The normalized spacial score (nSPS) is 10.1. The lowest BCUT2D eigenvalue weighted by atomic mass is 10.2. The molecule has 0 heterocycles. The first-order chi connectivity index (χ1) is 8.70. The van der Waals surface area contributed by atoms with Gasteiger partial charge in [0, 0.05) is 17.1 Å². The minimum atomic E-state index is 0.707. The Hall–Kier alpha value is -1.68. The second-order valence-corrected chi connectivity index (χ2v) is 4.75. The van der Waals surface area contributed by atoms with Crippen LogP contribution in [0.1, 0.15) is 5.56 Å². The van der Waals surface area contributed by atoms with Crippen molar-refractivity contribution >= 4 is 27.3 Å². The molecule has 2 aromatic rings. The second-order valence-electron chi connectivity index (χ2n) is 3.90. The molecular weight excluding hydrogens is 292 g/mol. The number of anilines is 2. The molecule has 2 rings (SSSR count). The van der Waals surface area contributed by atoms with Gasteiger partial charge in [0.1, 0.15) is 5.75 Å². The van der Waals surface area contributed by atoms with Crippen molar-refractivity contribution in [3.05, 3.63) is 52.5 Å². The molecule has 0 aliphatic rings. The van der Waals surface area contributed by atoms with Crippen molar-refractivity contribution in [2.45, 2.75) is 6.54 Å². The number of methoxy groups -OCH3 is 1. The predicted molar refractivity (Wildman–Crippen MR) is 78.9 cm³/mol. The molecule has 0 bridgehead atoms. The monoisotopic (exact) mass is 306 g/mol. The highest BCUT2D eigenvalue weighted by Gasteiger charge is 2.03. The molecule has 94 valence electrons. The van der Waals surface area contributed by atoms with E-state index in [1.54, 1.807) is 7.11 Å². The van der Waals surface area contributed by atoms with Gasteiger partial charge in [-0.1, -0.05) is 34.1 Å². The van der Waals surface area contributed by atoms with Gasteiger partial charge in [0.05, 0.1) is 18.5 Å². The summed E-state index contributed by atoms with van der Waals surface area (Å²) >= 11 is 3.52. The van der Waals surface area contributed by atoms with E-state index in [2.05, 4.69) is 27.3 Å². The van der Waals surface area contributed by atoms with Gasteiger partial charge >= 0.3 is 0 Å². The van der Waals surface area contributed by atoms with Gasteiger partial charge in [0.25, 0.3) is 0 Å². The lowest BCUT2D eigenvalue weighted by molar-refractivity contribution is 0.415. The fraction of sp³-hybridized carbons (Fsp3) is 0.143. The lowest BCUT2D eigenvalue weighted by Crippen LogP contribution is -2.03. The van der Waals surface area contributed by atoms with Gasteiger partial charge in [0.15, 0.2) is 0 Å². The van der Waals surface area contributed by atoms with Crippen LogP contribution in [0.15, 0.2) is 46.9 Å². The van der Waals surface area contributed by atoms with Gasteiger partial charge in [-0.3, -0.25) is 0 Å². The van der Waals surface area contributed by atoms with Crippen LogP contribution < -0.4 is 15.8 Å². The molecule has 0 unspecified atom stereocenters. The van der Waals surface area contributed by atoms with Crippen LogP contribution in [0.25, 0.3) is 0 Å². The number of rotatable bonds is 4. The quantitative estimate of drug-likeness (QED) is 0.848. The smallest absolute Gasteiger partial charge is 0.121 e. The summed E-state index contributed by atoms with van der Waals surface area (Å²) in [7, 11) is 1.64. The van der Waals surface area contributed by atoms with E-state index in [0.29, 0.717) is 12.2 Å². The third kappa shape index (κ3) is 2.96. The predicted octanol–water partition coefficient (Wildman–Crippen LogP) is 3.65. The number of benzene rings is 2. The van der Waals surface area contributed by atoms with Crippen molar-refractivity contribution in [2.24, 2.45) is 0 Å². The van der Waals surface area contributed by atoms with Gasteiger partial charge < -0.3 is 15.8 Å². The first-order valence-electron chi connectivity index (χ1n) is 5.61. The molecule has 0 aromatic heterocycles. The van der Waals surface area contributed by atoms with Gasteiger partial charge in [-0.25, -0.2) is 0 Å². The van der Waals surface area contributed by atoms with Gasteiger partial charge in [-0.05, 0) is 23.8 Å². The number of nitrogens with two attached hydrogens (primary N) is 1. The van der Waals surface area contributed by atoms with E-state index in [4.69, 9.17) is 10.5 Å². The van der Waals surface area contributed by atoms with Crippen LogP contribution in [0, 0.1) is 0 Å². The zero-order valence-corrected chi connectivity index (χ0v) is 11.7. The maximum Gasteiger partial charge on any atom is 0.121 e. The van der Waals surface area contributed by atoms with E-state index in [1.807, 2.05) is 36.4 Å². The lowest BCUT2D eigenvalue weighted by Gasteiger charge is -2.11. The van der Waals surface area contributed by atoms with Crippen LogP contribution in [0.4, 0.5) is 11.4 Å². The van der Waals surface area contributed by atoms with Crippen LogP contribution in [-0.2, 0) is 6.54 Å². The molecule has 18 heavy (non-hydrogen) atoms. The van der Waals surface area contributed by atoms with E-state index in [-0.39, 0.29) is 0 Å². The molecule has 0 atom stereocenters. The van der Waals surface area contributed by atoms with Crippen molar-refractivity contribution in [1.82, 2.24) is 0 Å². The Morgan fingerprint density at radius 1 is 1.22 bits per heavy atom. The summed E-state index contributed by atoms with van der Waals surface area (Å²) in [4.78, 5) is 0. The number of ether oxygens (including phenoxy) is 1. The number of nitrogen functional groups attached to an aromatic ring is 1. The largest absolute Gasteiger partial charge is 0.497 e. The first-order valence-corrected chi connectivity index (χ1v) is 6.41. The highest BCUT2D eigenvalue weighted by Crippen LogP contribution is 2.25. The van der Waals surface area contributed by atoms with Gasteiger partial charge in [0.2, 0.25) is 0 Å². The third-order valence-corrected chi connectivity index (χ3v) is 3.46. The molecule has 2 aromatic carbocycles. The molecule has 4 heteroatoms. The highest BCUT2D eigenvalue weighted by atomic mass is 79.9. The molecule has 0 aliphatic heterocycles. The molecule has 3 nitrogen and oxygen atoms in total. The number of halogens is 1. The summed E-state index contributed by atoms with van der Waals surface area (Å²) in [6.45, 7) is 0.707. The van der Waals surface area contributed by atoms with E-state index >= 15 is 0 Å². The zero-order chi connectivity index (χ0) is 13.0. The maximum absolute atomic E-state index is 5.92. The highest BCUT2D eigenvalue weighted by molar-refractivity contribution is 9.10. The Morgan fingerprint density at radius 2 is 2.00 bits per heavy atom. The van der Waals surface area contributed by atoms with Crippen molar-refractivity contribution in [2.75, 3.05) is 18.2 Å². The Morgan fingerprint density at radius 3 is 2.72 bits per heavy atom. The van der Waals surface area contributed by atoms with Crippen LogP contribution >= 0.6 is 15.9 Å². The number of nitrogens with one attached hydrogen (secondary N) is 1. The van der Waals surface area contributed by atoms with Crippen LogP contribution in [0.2, 0.25) is 0 Å². The fourth-order valence-electron chi connectivity index (χ4n) is 1.65. The minimum absolute atomic E-state index is 0.707. The van der Waals surface area contributed by atoms with Crippen molar-refractivity contribution in [3.63, 3.8) is 0 Å². The van der Waals surface area contributed by atoms with Gasteiger partial charge in [-0.15, -0.1) is 0 Å².